The molecule has 0 bridgehead atoms. The normalized spacial score (nSPS) is 12.4. The molecule has 0 fully saturated rings. The van der Waals surface area contributed by atoms with E-state index in [2.05, 4.69) is 64.8 Å². The first-order valence-electron chi connectivity index (χ1n) is 12.8. The molecule has 0 saturated heterocycles. The molecular formula is C32H36N2O4S. The van der Waals surface area contributed by atoms with Crippen molar-refractivity contribution in [2.24, 2.45) is 0 Å². The Morgan fingerprint density at radius 3 is 1.74 bits per heavy atom. The number of nitrogens with zero attached hydrogens (tertiary/aromatic N) is 1. The summed E-state index contributed by atoms with van der Waals surface area (Å²) in [5, 5.41) is 8.02. The number of esters is 1. The second-order valence-corrected chi connectivity index (χ2v) is 14.0. The first-order chi connectivity index (χ1) is 18.1. The maximum Gasteiger partial charge on any atom is 0.337 e. The summed E-state index contributed by atoms with van der Waals surface area (Å²) in [6.07, 6.45) is 1.20. The molecule has 4 rings (SSSR count). The Labute approximate surface area is 231 Å². The zero-order valence-electron chi connectivity index (χ0n) is 23.8. The van der Waals surface area contributed by atoms with E-state index in [9.17, 15) is 13.2 Å². The van der Waals surface area contributed by atoms with Crippen LogP contribution in [-0.4, -0.2) is 38.0 Å². The number of H-pyrrole nitrogens is 1. The first kappa shape index (κ1) is 28.3. The van der Waals surface area contributed by atoms with Crippen molar-refractivity contribution in [3.05, 3.63) is 83.4 Å². The molecule has 3 aromatic carbocycles. The number of nitrogens with one attached hydrogen (secondary N) is 1. The molecule has 1 heterocycles. The number of sulfone groups is 1. The molecule has 1 aromatic heterocycles. The molecule has 4 aromatic rings. The Balaban J connectivity index is 1.98. The smallest absolute Gasteiger partial charge is 0.337 e. The fourth-order valence-electron chi connectivity index (χ4n) is 4.43. The largest absolute Gasteiger partial charge is 0.465 e. The summed E-state index contributed by atoms with van der Waals surface area (Å²) in [4.78, 5) is 12.2. The number of aromatic amines is 1. The zero-order valence-corrected chi connectivity index (χ0v) is 24.7. The van der Waals surface area contributed by atoms with Gasteiger partial charge in [-0.2, -0.15) is 5.10 Å². The van der Waals surface area contributed by atoms with Crippen LogP contribution in [0.5, 0.6) is 0 Å². The maximum absolute atomic E-state index is 12.1. The number of hydrogen-bond donors (Lipinski definition) is 1. The van der Waals surface area contributed by atoms with Gasteiger partial charge in [-0.15, -0.1) is 0 Å². The van der Waals surface area contributed by atoms with Crippen molar-refractivity contribution < 1.29 is 17.9 Å². The van der Waals surface area contributed by atoms with Gasteiger partial charge in [0.05, 0.1) is 23.3 Å². The number of methoxy groups -OCH3 is 1. The SMILES string of the molecule is COC(=O)c1ccc(-c2[nH]nc(-c3cc(C(C)(C)C)cc(C(C)(C)C)c3)c2-c2ccc(S(C)(=O)=O)cc2)cc1. The minimum atomic E-state index is -3.34. The lowest BCUT2D eigenvalue weighted by Crippen LogP contribution is -2.16. The third-order valence-electron chi connectivity index (χ3n) is 6.87. The van der Waals surface area contributed by atoms with Gasteiger partial charge in [-0.05, 0) is 63.9 Å². The van der Waals surface area contributed by atoms with Crippen molar-refractivity contribution in [1.82, 2.24) is 10.2 Å². The highest BCUT2D eigenvalue weighted by atomic mass is 32.2. The van der Waals surface area contributed by atoms with Crippen LogP contribution in [0.2, 0.25) is 0 Å². The van der Waals surface area contributed by atoms with Crippen molar-refractivity contribution in [3.8, 4) is 33.6 Å². The van der Waals surface area contributed by atoms with Gasteiger partial charge in [0, 0.05) is 22.9 Å². The Bertz CT molecular complexity index is 1590. The van der Waals surface area contributed by atoms with E-state index in [4.69, 9.17) is 9.84 Å². The highest BCUT2D eigenvalue weighted by Gasteiger charge is 2.25. The fourth-order valence-corrected chi connectivity index (χ4v) is 5.06. The minimum absolute atomic E-state index is 0.0733. The van der Waals surface area contributed by atoms with Crippen LogP contribution >= 0.6 is 0 Å². The monoisotopic (exact) mass is 544 g/mol. The number of carbonyl (C=O) groups excluding carboxylic acids is 1. The number of aromatic nitrogens is 2. The molecule has 39 heavy (non-hydrogen) atoms. The lowest BCUT2D eigenvalue weighted by atomic mass is 9.79. The molecule has 0 aliphatic heterocycles. The quantitative estimate of drug-likeness (QED) is 0.269. The van der Waals surface area contributed by atoms with Gasteiger partial charge in [0.2, 0.25) is 0 Å². The van der Waals surface area contributed by atoms with Crippen LogP contribution in [0.3, 0.4) is 0 Å². The fraction of sp³-hybridized carbons (Fsp3) is 0.312. The number of rotatable bonds is 5. The van der Waals surface area contributed by atoms with Gasteiger partial charge in [-0.1, -0.05) is 71.9 Å². The molecule has 0 radical (unpaired) electrons. The van der Waals surface area contributed by atoms with Crippen LogP contribution in [0.25, 0.3) is 33.6 Å². The molecule has 1 N–H and O–H groups in total. The topological polar surface area (TPSA) is 89.1 Å². The van der Waals surface area contributed by atoms with Crippen molar-refractivity contribution in [2.45, 2.75) is 57.3 Å². The average molecular weight is 545 g/mol. The molecule has 6 nitrogen and oxygen atoms in total. The summed E-state index contributed by atoms with van der Waals surface area (Å²) in [5.74, 6) is -0.405. The Hall–Kier alpha value is -3.71. The molecule has 0 unspecified atom stereocenters. The molecule has 0 atom stereocenters. The van der Waals surface area contributed by atoms with Crippen molar-refractivity contribution in [2.75, 3.05) is 13.4 Å². The molecule has 7 heteroatoms. The van der Waals surface area contributed by atoms with E-state index >= 15 is 0 Å². The summed E-state index contributed by atoms with van der Waals surface area (Å²) in [7, 11) is -1.99. The lowest BCUT2D eigenvalue weighted by molar-refractivity contribution is 0.0600. The van der Waals surface area contributed by atoms with E-state index in [1.54, 1.807) is 24.3 Å². The van der Waals surface area contributed by atoms with Gasteiger partial charge in [-0.3, -0.25) is 5.10 Å². The third kappa shape index (κ3) is 5.98. The predicted molar refractivity (Wildman–Crippen MR) is 157 cm³/mol. The second-order valence-electron chi connectivity index (χ2n) is 12.0. The van der Waals surface area contributed by atoms with Gasteiger partial charge in [0.15, 0.2) is 9.84 Å². The summed E-state index contributed by atoms with van der Waals surface area (Å²) >= 11 is 0. The second kappa shape index (κ2) is 10.1. The maximum atomic E-state index is 12.1. The Morgan fingerprint density at radius 2 is 1.28 bits per heavy atom. The van der Waals surface area contributed by atoms with Crippen molar-refractivity contribution in [1.29, 1.82) is 0 Å². The van der Waals surface area contributed by atoms with Crippen molar-refractivity contribution in [3.63, 3.8) is 0 Å². The highest BCUT2D eigenvalue weighted by Crippen LogP contribution is 2.41. The van der Waals surface area contributed by atoms with Gasteiger partial charge in [-0.25, -0.2) is 13.2 Å². The Kier molecular flexibility index (Phi) is 7.34. The zero-order chi connectivity index (χ0) is 28.8. The summed E-state index contributed by atoms with van der Waals surface area (Å²) in [5.41, 5.74) is 7.75. The first-order valence-corrected chi connectivity index (χ1v) is 14.7. The number of benzene rings is 3. The van der Waals surface area contributed by atoms with E-state index in [1.165, 1.54) is 24.5 Å². The molecule has 0 aliphatic rings. The van der Waals surface area contributed by atoms with Crippen LogP contribution in [-0.2, 0) is 25.4 Å². The molecule has 204 valence electrons. The molecule has 0 saturated carbocycles. The third-order valence-corrected chi connectivity index (χ3v) is 8.00. The van der Waals surface area contributed by atoms with Crippen LogP contribution < -0.4 is 0 Å². The highest BCUT2D eigenvalue weighted by molar-refractivity contribution is 7.90. The molecule has 0 aliphatic carbocycles. The lowest BCUT2D eigenvalue weighted by Gasteiger charge is -2.26. The van der Waals surface area contributed by atoms with Gasteiger partial charge < -0.3 is 4.74 Å². The van der Waals surface area contributed by atoms with Gasteiger partial charge in [0.25, 0.3) is 0 Å². The van der Waals surface area contributed by atoms with Crippen LogP contribution in [0.1, 0.15) is 63.0 Å². The van der Waals surface area contributed by atoms with E-state index in [0.29, 0.717) is 5.56 Å². The van der Waals surface area contributed by atoms with E-state index in [1.807, 2.05) is 24.3 Å². The van der Waals surface area contributed by atoms with Gasteiger partial charge >= 0.3 is 5.97 Å². The van der Waals surface area contributed by atoms with E-state index in [-0.39, 0.29) is 15.7 Å². The van der Waals surface area contributed by atoms with Crippen LogP contribution in [0, 0.1) is 0 Å². The number of ether oxygens (including phenoxy) is 1. The number of carbonyl (C=O) groups is 1. The van der Waals surface area contributed by atoms with E-state index in [0.717, 1.165) is 33.6 Å². The van der Waals surface area contributed by atoms with Crippen LogP contribution in [0.4, 0.5) is 0 Å². The Morgan fingerprint density at radius 1 is 0.769 bits per heavy atom. The predicted octanol–water partition coefficient (Wildman–Crippen LogP) is 7.20. The molecular weight excluding hydrogens is 508 g/mol. The molecule has 0 amide bonds. The summed E-state index contributed by atoms with van der Waals surface area (Å²) in [6, 6.07) is 20.7. The summed E-state index contributed by atoms with van der Waals surface area (Å²) < 4.78 is 29.1. The summed E-state index contributed by atoms with van der Waals surface area (Å²) in [6.45, 7) is 13.2. The number of hydrogen-bond acceptors (Lipinski definition) is 5. The minimum Gasteiger partial charge on any atom is -0.465 e. The van der Waals surface area contributed by atoms with Crippen molar-refractivity contribution >= 4 is 15.8 Å². The standard InChI is InChI=1S/C32H36N2O4S/c1-31(2,3)24-17-23(18-25(19-24)32(4,5)6)29-27(20-13-15-26(16-14-20)39(8,36)37)28(33-34-29)21-9-11-22(12-10-21)30(35)38-7/h9-19H,1-8H3,(H,33,34). The average Bonchev–Trinajstić information content (AvgIpc) is 3.32. The van der Waals surface area contributed by atoms with Crippen LogP contribution in [0.15, 0.2) is 71.6 Å². The van der Waals surface area contributed by atoms with E-state index < -0.39 is 15.8 Å². The molecule has 0 spiro atoms. The van der Waals surface area contributed by atoms with Gasteiger partial charge in [0.1, 0.15) is 5.69 Å².